The molecule has 0 bridgehead atoms. The number of allylic oxidation sites excluding steroid dienone is 1. The molecule has 1 rings (SSSR count). The minimum atomic E-state index is 0.248. The molecular weight excluding hydrogens is 252 g/mol. The lowest BCUT2D eigenvalue weighted by Crippen LogP contribution is -2.34. The average molecular weight is 295 g/mol. The molecule has 0 atom stereocenters. The smallest absolute Gasteiger partial charge is 0.0170 e. The van der Waals surface area contributed by atoms with Gasteiger partial charge in [0.25, 0.3) is 0 Å². The van der Waals surface area contributed by atoms with E-state index in [2.05, 4.69) is 89.7 Å². The Kier molecular flexibility index (Phi) is 5.67. The van der Waals surface area contributed by atoms with Gasteiger partial charge in [0.1, 0.15) is 0 Å². The van der Waals surface area contributed by atoms with E-state index >= 15 is 0 Å². The predicted octanol–water partition coefficient (Wildman–Crippen LogP) is 7.49. The average Bonchev–Trinajstić information content (AvgIpc) is 2.91. The number of hydrogen-bond acceptors (Lipinski definition) is 0. The van der Waals surface area contributed by atoms with E-state index in [1.54, 1.807) is 0 Å². The molecule has 21 heavy (non-hydrogen) atoms. The van der Waals surface area contributed by atoms with Crippen molar-refractivity contribution in [2.45, 2.75) is 95.9 Å². The van der Waals surface area contributed by atoms with Crippen LogP contribution < -0.4 is 0 Å². The summed E-state index contributed by atoms with van der Waals surface area (Å²) >= 11 is 0. The molecule has 1 fully saturated rings. The second-order valence-corrected chi connectivity index (χ2v) is 11.1. The molecule has 0 heterocycles. The fourth-order valence-corrected chi connectivity index (χ4v) is 3.88. The molecule has 0 aromatic rings. The summed E-state index contributed by atoms with van der Waals surface area (Å²) in [5.41, 5.74) is 3.42. The Morgan fingerprint density at radius 2 is 0.857 bits per heavy atom. The molecule has 0 saturated heterocycles. The molecule has 1 aliphatic rings. The summed E-state index contributed by atoms with van der Waals surface area (Å²) in [5, 5.41) is 0. The van der Waals surface area contributed by atoms with Crippen molar-refractivity contribution >= 4 is 0 Å². The Morgan fingerprint density at radius 3 is 0.857 bits per heavy atom. The van der Waals surface area contributed by atoms with Crippen LogP contribution in [0.4, 0.5) is 0 Å². The van der Waals surface area contributed by atoms with Crippen LogP contribution in [-0.4, -0.2) is 0 Å². The first kappa shape index (κ1) is 20.7. The summed E-state index contributed by atoms with van der Waals surface area (Å²) < 4.78 is 0. The van der Waals surface area contributed by atoms with E-state index in [1.807, 2.05) is 0 Å². The fourth-order valence-electron chi connectivity index (χ4n) is 3.88. The van der Waals surface area contributed by atoms with Gasteiger partial charge in [-0.2, -0.15) is 0 Å². The van der Waals surface area contributed by atoms with Crippen molar-refractivity contribution in [1.82, 2.24) is 0 Å². The van der Waals surface area contributed by atoms with Gasteiger partial charge in [-0.15, -0.1) is 0 Å². The molecule has 0 radical (unpaired) electrons. The molecule has 0 spiro atoms. The van der Waals surface area contributed by atoms with Gasteiger partial charge in [0.05, 0.1) is 0 Å². The zero-order valence-electron chi connectivity index (χ0n) is 17.1. The zero-order chi connectivity index (χ0) is 17.5. The van der Waals surface area contributed by atoms with Crippen LogP contribution in [0.25, 0.3) is 0 Å². The van der Waals surface area contributed by atoms with Crippen molar-refractivity contribution < 1.29 is 0 Å². The maximum Gasteiger partial charge on any atom is -0.0170 e. The largest absolute Gasteiger partial charge is 0.0988 e. The van der Waals surface area contributed by atoms with Crippen LogP contribution >= 0.6 is 0 Å². The monoisotopic (exact) mass is 294 g/mol. The molecule has 0 aromatic heterocycles. The Labute approximate surface area is 135 Å². The Balaban J connectivity index is 0.000000384. The Hall–Kier alpha value is -0.260. The molecule has 0 heteroatoms. The highest BCUT2D eigenvalue weighted by molar-refractivity contribution is 5.13. The standard InChI is InChI=1S/C11H22.C10H20/c1-9(2,3)11(7-8-11)10(4,5)6;1-8(9(2,3)4)10(5,6)7/h7-8H2,1-6H3;1H2,2-7H3. The third-order valence-corrected chi connectivity index (χ3v) is 5.43. The highest BCUT2D eigenvalue weighted by Gasteiger charge is 2.58. The SMILES string of the molecule is C=C(C(C)(C)C)C(C)(C)C.CC(C)(C)C1(C(C)(C)C)CC1. The lowest BCUT2D eigenvalue weighted by atomic mass is 9.63. The summed E-state index contributed by atoms with van der Waals surface area (Å²) in [4.78, 5) is 0. The lowest BCUT2D eigenvalue weighted by Gasteiger charge is -2.41. The van der Waals surface area contributed by atoms with Gasteiger partial charge in [-0.3, -0.25) is 0 Å². The van der Waals surface area contributed by atoms with Crippen molar-refractivity contribution in [2.75, 3.05) is 0 Å². The van der Waals surface area contributed by atoms with Gasteiger partial charge in [-0.05, 0) is 39.9 Å². The van der Waals surface area contributed by atoms with Gasteiger partial charge in [-0.1, -0.05) is 95.2 Å². The first-order valence-corrected chi connectivity index (χ1v) is 8.56. The summed E-state index contributed by atoms with van der Waals surface area (Å²) in [5.74, 6) is 0. The van der Waals surface area contributed by atoms with E-state index in [9.17, 15) is 0 Å². The fraction of sp³-hybridized carbons (Fsp3) is 0.905. The second-order valence-electron chi connectivity index (χ2n) is 11.1. The molecule has 0 aromatic carbocycles. The first-order valence-electron chi connectivity index (χ1n) is 8.56. The maximum atomic E-state index is 4.10. The van der Waals surface area contributed by atoms with Crippen LogP contribution in [0.15, 0.2) is 12.2 Å². The van der Waals surface area contributed by atoms with Crippen molar-refractivity contribution in [3.63, 3.8) is 0 Å². The molecule has 1 saturated carbocycles. The Bertz CT molecular complexity index is 319. The van der Waals surface area contributed by atoms with E-state index in [1.165, 1.54) is 18.4 Å². The molecule has 0 N–H and O–H groups in total. The lowest BCUT2D eigenvalue weighted by molar-refractivity contribution is 0.0745. The first-order chi connectivity index (χ1) is 8.86. The van der Waals surface area contributed by atoms with Gasteiger partial charge in [0, 0.05) is 0 Å². The van der Waals surface area contributed by atoms with Crippen molar-refractivity contribution in [3.8, 4) is 0 Å². The third-order valence-electron chi connectivity index (χ3n) is 5.43. The Morgan fingerprint density at radius 1 is 0.619 bits per heavy atom. The van der Waals surface area contributed by atoms with Crippen LogP contribution in [-0.2, 0) is 0 Å². The molecular formula is C21H42. The van der Waals surface area contributed by atoms with Gasteiger partial charge < -0.3 is 0 Å². The number of hydrogen-bond donors (Lipinski definition) is 0. The summed E-state index contributed by atoms with van der Waals surface area (Å²) in [6.45, 7) is 31.6. The molecule has 0 amide bonds. The molecule has 0 aliphatic heterocycles. The van der Waals surface area contributed by atoms with Gasteiger partial charge in [-0.25, -0.2) is 0 Å². The predicted molar refractivity (Wildman–Crippen MR) is 98.6 cm³/mol. The van der Waals surface area contributed by atoms with Crippen LogP contribution in [0.3, 0.4) is 0 Å². The van der Waals surface area contributed by atoms with E-state index in [4.69, 9.17) is 0 Å². The minimum absolute atomic E-state index is 0.248. The zero-order valence-corrected chi connectivity index (χ0v) is 17.1. The summed E-state index contributed by atoms with van der Waals surface area (Å²) in [6.07, 6.45) is 2.86. The van der Waals surface area contributed by atoms with E-state index in [0.717, 1.165) is 0 Å². The summed E-state index contributed by atoms with van der Waals surface area (Å²) in [6, 6.07) is 0. The molecule has 0 unspecified atom stereocenters. The highest BCUT2D eigenvalue weighted by Crippen LogP contribution is 2.67. The number of rotatable bonds is 0. The second kappa shape index (κ2) is 5.74. The van der Waals surface area contributed by atoms with Crippen LogP contribution in [0.5, 0.6) is 0 Å². The molecule has 1 aliphatic carbocycles. The molecule has 0 nitrogen and oxygen atoms in total. The van der Waals surface area contributed by atoms with Crippen molar-refractivity contribution in [3.05, 3.63) is 12.2 Å². The van der Waals surface area contributed by atoms with E-state index < -0.39 is 0 Å². The van der Waals surface area contributed by atoms with Gasteiger partial charge in [0.2, 0.25) is 0 Å². The van der Waals surface area contributed by atoms with E-state index in [-0.39, 0.29) is 10.8 Å². The van der Waals surface area contributed by atoms with Gasteiger partial charge >= 0.3 is 0 Å². The summed E-state index contributed by atoms with van der Waals surface area (Å²) in [7, 11) is 0. The minimum Gasteiger partial charge on any atom is -0.0988 e. The van der Waals surface area contributed by atoms with Gasteiger partial charge in [0.15, 0.2) is 0 Å². The van der Waals surface area contributed by atoms with Crippen LogP contribution in [0, 0.1) is 27.1 Å². The van der Waals surface area contributed by atoms with E-state index in [0.29, 0.717) is 16.2 Å². The quantitative estimate of drug-likeness (QED) is 0.406. The highest BCUT2D eigenvalue weighted by atomic mass is 14.6. The topological polar surface area (TPSA) is 0 Å². The van der Waals surface area contributed by atoms with Crippen LogP contribution in [0.2, 0.25) is 0 Å². The van der Waals surface area contributed by atoms with Crippen molar-refractivity contribution in [2.24, 2.45) is 27.1 Å². The molecule has 126 valence electrons. The van der Waals surface area contributed by atoms with Crippen LogP contribution in [0.1, 0.15) is 95.9 Å². The normalized spacial score (nSPS) is 18.7. The maximum absolute atomic E-state index is 4.10. The third kappa shape index (κ3) is 5.15. The van der Waals surface area contributed by atoms with Crippen molar-refractivity contribution in [1.29, 1.82) is 0 Å².